The first kappa shape index (κ1) is 16.0. The minimum atomic E-state index is -3.56. The molecule has 5 nitrogen and oxygen atoms in total. The van der Waals surface area contributed by atoms with Gasteiger partial charge in [0.2, 0.25) is 10.0 Å². The zero-order valence-corrected chi connectivity index (χ0v) is 14.8. The van der Waals surface area contributed by atoms with E-state index < -0.39 is 16.1 Å². The number of rotatable bonds is 2. The van der Waals surface area contributed by atoms with Crippen molar-refractivity contribution in [1.82, 2.24) is 5.32 Å². The Kier molecular flexibility index (Phi) is 4.16. The van der Waals surface area contributed by atoms with Crippen molar-refractivity contribution >= 4 is 37.5 Å². The first-order valence-electron chi connectivity index (χ1n) is 7.00. The van der Waals surface area contributed by atoms with Crippen molar-refractivity contribution in [2.75, 3.05) is 17.1 Å². The second kappa shape index (κ2) is 5.98. The van der Waals surface area contributed by atoms with Crippen LogP contribution in [0.25, 0.3) is 0 Å². The van der Waals surface area contributed by atoms with Gasteiger partial charge in [0.05, 0.1) is 23.5 Å². The van der Waals surface area contributed by atoms with Gasteiger partial charge in [-0.3, -0.25) is 9.10 Å². The first-order chi connectivity index (χ1) is 10.9. The molecule has 23 heavy (non-hydrogen) atoms. The standard InChI is InChI=1S/C16H15BrN2O3S/c1-23(21,22)19-14-5-3-2-4-13(14)16(20)18-10-15(19)11-6-8-12(17)9-7-11/h2-9,15H,10H2,1H3,(H,18,20). The molecule has 0 bridgehead atoms. The highest BCUT2D eigenvalue weighted by molar-refractivity contribution is 9.10. The van der Waals surface area contributed by atoms with Crippen LogP contribution in [0, 0.1) is 0 Å². The highest BCUT2D eigenvalue weighted by Crippen LogP contribution is 2.34. The Bertz CT molecular complexity index is 850. The van der Waals surface area contributed by atoms with Gasteiger partial charge in [-0.05, 0) is 29.8 Å². The number of benzene rings is 2. The van der Waals surface area contributed by atoms with Crippen molar-refractivity contribution < 1.29 is 13.2 Å². The molecule has 2 aromatic carbocycles. The lowest BCUT2D eigenvalue weighted by Gasteiger charge is -2.30. The van der Waals surface area contributed by atoms with Crippen LogP contribution in [0.5, 0.6) is 0 Å². The molecule has 3 rings (SSSR count). The predicted molar refractivity (Wildman–Crippen MR) is 93.0 cm³/mol. The van der Waals surface area contributed by atoms with Crippen molar-refractivity contribution in [3.05, 3.63) is 64.1 Å². The molecule has 0 saturated heterocycles. The first-order valence-corrected chi connectivity index (χ1v) is 9.64. The van der Waals surface area contributed by atoms with Crippen molar-refractivity contribution in [3.8, 4) is 0 Å². The molecule has 2 aromatic rings. The maximum atomic E-state index is 12.4. The van der Waals surface area contributed by atoms with Gasteiger partial charge >= 0.3 is 0 Å². The molecule has 1 atom stereocenters. The van der Waals surface area contributed by atoms with Gasteiger partial charge in [0, 0.05) is 11.0 Å². The number of anilines is 1. The topological polar surface area (TPSA) is 66.5 Å². The number of carbonyl (C=O) groups excluding carboxylic acids is 1. The van der Waals surface area contributed by atoms with E-state index in [9.17, 15) is 13.2 Å². The second-order valence-electron chi connectivity index (χ2n) is 5.35. The minimum absolute atomic E-state index is 0.211. The highest BCUT2D eigenvalue weighted by atomic mass is 79.9. The van der Waals surface area contributed by atoms with Crippen LogP contribution >= 0.6 is 15.9 Å². The van der Waals surface area contributed by atoms with Crippen molar-refractivity contribution in [3.63, 3.8) is 0 Å². The number of nitrogens with one attached hydrogen (secondary N) is 1. The summed E-state index contributed by atoms with van der Waals surface area (Å²) in [5.41, 5.74) is 1.58. The molecular formula is C16H15BrN2O3S. The molecule has 0 radical (unpaired) electrons. The van der Waals surface area contributed by atoms with Crippen LogP contribution in [0.1, 0.15) is 22.0 Å². The molecule has 1 aliphatic heterocycles. The number of sulfonamides is 1. The number of amides is 1. The SMILES string of the molecule is CS(=O)(=O)N1c2ccccc2C(=O)NCC1c1ccc(Br)cc1. The van der Waals surface area contributed by atoms with Gasteiger partial charge in [-0.2, -0.15) is 0 Å². The van der Waals surface area contributed by atoms with Gasteiger partial charge in [-0.1, -0.05) is 40.2 Å². The average Bonchev–Trinajstić information content (AvgIpc) is 2.65. The molecule has 0 spiro atoms. The molecule has 1 aliphatic rings. The predicted octanol–water partition coefficient (Wildman–Crippen LogP) is 2.70. The third-order valence-electron chi connectivity index (χ3n) is 3.74. The van der Waals surface area contributed by atoms with E-state index in [-0.39, 0.29) is 12.5 Å². The summed E-state index contributed by atoms with van der Waals surface area (Å²) in [5, 5.41) is 2.81. The third kappa shape index (κ3) is 3.11. The van der Waals surface area contributed by atoms with E-state index in [2.05, 4.69) is 21.2 Å². The van der Waals surface area contributed by atoms with E-state index in [4.69, 9.17) is 0 Å². The van der Waals surface area contributed by atoms with E-state index in [1.807, 2.05) is 24.3 Å². The molecule has 1 heterocycles. The quantitative estimate of drug-likeness (QED) is 0.851. The lowest BCUT2D eigenvalue weighted by Crippen LogP contribution is -2.38. The summed E-state index contributed by atoms with van der Waals surface area (Å²) in [6.07, 6.45) is 1.16. The van der Waals surface area contributed by atoms with Gasteiger partial charge in [-0.25, -0.2) is 8.42 Å². The van der Waals surface area contributed by atoms with Crippen LogP contribution < -0.4 is 9.62 Å². The smallest absolute Gasteiger partial charge is 0.253 e. The number of carbonyl (C=O) groups is 1. The Labute approximate surface area is 143 Å². The zero-order chi connectivity index (χ0) is 16.6. The van der Waals surface area contributed by atoms with Crippen LogP contribution in [-0.2, 0) is 10.0 Å². The molecule has 7 heteroatoms. The number of fused-ring (bicyclic) bond motifs is 1. The summed E-state index contributed by atoms with van der Waals surface area (Å²) in [6, 6.07) is 13.7. The maximum absolute atomic E-state index is 12.4. The number of hydrogen-bond donors (Lipinski definition) is 1. The van der Waals surface area contributed by atoms with E-state index in [0.29, 0.717) is 11.3 Å². The van der Waals surface area contributed by atoms with E-state index in [1.165, 1.54) is 4.31 Å². The van der Waals surface area contributed by atoms with Crippen molar-refractivity contribution in [1.29, 1.82) is 0 Å². The molecule has 1 N–H and O–H groups in total. The van der Waals surface area contributed by atoms with Crippen LogP contribution in [0.2, 0.25) is 0 Å². The van der Waals surface area contributed by atoms with E-state index >= 15 is 0 Å². The van der Waals surface area contributed by atoms with Crippen LogP contribution in [-0.4, -0.2) is 27.1 Å². The third-order valence-corrected chi connectivity index (χ3v) is 5.43. The summed E-state index contributed by atoms with van der Waals surface area (Å²) >= 11 is 3.37. The fourth-order valence-electron chi connectivity index (χ4n) is 2.74. The molecule has 0 aromatic heterocycles. The van der Waals surface area contributed by atoms with Gasteiger partial charge in [0.15, 0.2) is 0 Å². The van der Waals surface area contributed by atoms with Crippen molar-refractivity contribution in [2.24, 2.45) is 0 Å². The van der Waals surface area contributed by atoms with Gasteiger partial charge < -0.3 is 5.32 Å². The van der Waals surface area contributed by atoms with Crippen LogP contribution in [0.15, 0.2) is 53.0 Å². The Morgan fingerprint density at radius 2 is 1.78 bits per heavy atom. The summed E-state index contributed by atoms with van der Waals surface area (Å²) < 4.78 is 27.1. The van der Waals surface area contributed by atoms with Crippen LogP contribution in [0.4, 0.5) is 5.69 Å². The largest absolute Gasteiger partial charge is 0.350 e. The summed E-state index contributed by atoms with van der Waals surface area (Å²) in [7, 11) is -3.56. The zero-order valence-electron chi connectivity index (χ0n) is 12.4. The van der Waals surface area contributed by atoms with Gasteiger partial charge in [-0.15, -0.1) is 0 Å². The number of hydrogen-bond acceptors (Lipinski definition) is 3. The molecule has 0 saturated carbocycles. The number of nitrogens with zero attached hydrogens (tertiary/aromatic N) is 1. The fraction of sp³-hybridized carbons (Fsp3) is 0.188. The van der Waals surface area contributed by atoms with Gasteiger partial charge in [0.1, 0.15) is 0 Å². The van der Waals surface area contributed by atoms with Gasteiger partial charge in [0.25, 0.3) is 5.91 Å². The molecule has 0 fully saturated rings. The Morgan fingerprint density at radius 3 is 2.43 bits per heavy atom. The Hall–Kier alpha value is -1.86. The molecule has 1 unspecified atom stereocenters. The molecule has 0 aliphatic carbocycles. The maximum Gasteiger partial charge on any atom is 0.253 e. The molecule has 1 amide bonds. The summed E-state index contributed by atoms with van der Waals surface area (Å²) in [5.74, 6) is -0.270. The fourth-order valence-corrected chi connectivity index (χ4v) is 4.18. The monoisotopic (exact) mass is 394 g/mol. The van der Waals surface area contributed by atoms with Crippen molar-refractivity contribution in [2.45, 2.75) is 6.04 Å². The lowest BCUT2D eigenvalue weighted by atomic mass is 10.1. The normalized spacial score (nSPS) is 18.1. The Morgan fingerprint density at radius 1 is 1.13 bits per heavy atom. The van der Waals surface area contributed by atoms with E-state index in [0.717, 1.165) is 16.3 Å². The molecular weight excluding hydrogens is 380 g/mol. The summed E-state index contributed by atoms with van der Waals surface area (Å²) in [4.78, 5) is 12.3. The van der Waals surface area contributed by atoms with E-state index in [1.54, 1.807) is 24.3 Å². The number of halogens is 1. The molecule has 120 valence electrons. The Balaban J connectivity index is 2.20. The second-order valence-corrected chi connectivity index (χ2v) is 8.13. The van der Waals surface area contributed by atoms with Crippen LogP contribution in [0.3, 0.4) is 0 Å². The number of para-hydroxylation sites is 1. The minimum Gasteiger partial charge on any atom is -0.350 e. The average molecular weight is 395 g/mol. The lowest BCUT2D eigenvalue weighted by molar-refractivity contribution is 0.0955. The highest BCUT2D eigenvalue weighted by Gasteiger charge is 2.34. The summed E-state index contributed by atoms with van der Waals surface area (Å²) in [6.45, 7) is 0.211.